The first-order valence-electron chi connectivity index (χ1n) is 15.3. The molecule has 0 heterocycles. The first-order chi connectivity index (χ1) is 15.6. The molecule has 4 rings (SSSR count). The summed E-state index contributed by atoms with van der Waals surface area (Å²) in [5.74, 6) is 7.77. The number of unbranched alkanes of at least 4 members (excludes halogenated alkanes) is 1. The lowest BCUT2D eigenvalue weighted by Crippen LogP contribution is -2.55. The molecule has 0 aromatic rings. The van der Waals surface area contributed by atoms with Crippen molar-refractivity contribution in [3.63, 3.8) is 0 Å². The predicted octanol–water partition coefficient (Wildman–Crippen LogP) is 9.13. The lowest BCUT2D eigenvalue weighted by atomic mass is 9.43. The number of hydrogen-bond donors (Lipinski definition) is 1. The highest BCUT2D eigenvalue weighted by molar-refractivity contribution is 5.10. The minimum Gasteiger partial charge on any atom is -0.393 e. The molecule has 4 fully saturated rings. The molecule has 0 bridgehead atoms. The van der Waals surface area contributed by atoms with Crippen molar-refractivity contribution < 1.29 is 5.11 Å². The van der Waals surface area contributed by atoms with Crippen LogP contribution < -0.4 is 0 Å². The maximum atomic E-state index is 11.0. The Balaban J connectivity index is 1.46. The van der Waals surface area contributed by atoms with Gasteiger partial charge in [-0.1, -0.05) is 74.1 Å². The molecule has 1 N–H and O–H groups in total. The van der Waals surface area contributed by atoms with Gasteiger partial charge >= 0.3 is 0 Å². The largest absolute Gasteiger partial charge is 0.393 e. The molecule has 33 heavy (non-hydrogen) atoms. The summed E-state index contributed by atoms with van der Waals surface area (Å²) in [4.78, 5) is 0. The molecule has 11 atom stereocenters. The first kappa shape index (κ1) is 26.0. The zero-order valence-electron chi connectivity index (χ0n) is 23.4. The van der Waals surface area contributed by atoms with E-state index in [4.69, 9.17) is 0 Å². The fourth-order valence-electron chi connectivity index (χ4n) is 10.2. The summed E-state index contributed by atoms with van der Waals surface area (Å²) in [6.45, 7) is 17.6. The monoisotopic (exact) mass is 458 g/mol. The SMILES string of the molecule is CCCCC1C[C@@]2(C)C(CC[C@H]3[C@@H]4CC[C@H]([C@H](C)CC[C@H](C)C(C)C)[C@@]4(C)CC[C@@H]32)CC1O. The molecule has 3 unspecified atom stereocenters. The van der Waals surface area contributed by atoms with Crippen molar-refractivity contribution in [1.29, 1.82) is 0 Å². The molecule has 0 aromatic carbocycles. The molecule has 4 aliphatic rings. The molecular weight excluding hydrogens is 400 g/mol. The van der Waals surface area contributed by atoms with E-state index in [0.29, 0.717) is 16.7 Å². The van der Waals surface area contributed by atoms with E-state index in [1.165, 1.54) is 77.0 Å². The van der Waals surface area contributed by atoms with E-state index in [1.807, 2.05) is 0 Å². The van der Waals surface area contributed by atoms with Gasteiger partial charge in [0.1, 0.15) is 0 Å². The summed E-state index contributed by atoms with van der Waals surface area (Å²) in [6.07, 6.45) is 17.9. The van der Waals surface area contributed by atoms with Crippen molar-refractivity contribution in [3.8, 4) is 0 Å². The van der Waals surface area contributed by atoms with Crippen molar-refractivity contribution in [2.24, 2.45) is 64.1 Å². The first-order valence-corrected chi connectivity index (χ1v) is 15.3. The Morgan fingerprint density at radius 2 is 1.61 bits per heavy atom. The second-order valence-corrected chi connectivity index (χ2v) is 14.6. The average molecular weight is 459 g/mol. The van der Waals surface area contributed by atoms with Gasteiger partial charge in [-0.3, -0.25) is 0 Å². The van der Waals surface area contributed by atoms with E-state index in [9.17, 15) is 5.11 Å². The van der Waals surface area contributed by atoms with E-state index in [-0.39, 0.29) is 6.10 Å². The zero-order valence-corrected chi connectivity index (χ0v) is 23.4. The zero-order chi connectivity index (χ0) is 24.0. The Labute approximate surface area is 207 Å². The van der Waals surface area contributed by atoms with Crippen molar-refractivity contribution in [2.45, 2.75) is 138 Å². The van der Waals surface area contributed by atoms with Gasteiger partial charge in [-0.15, -0.1) is 0 Å². The quantitative estimate of drug-likeness (QED) is 0.384. The van der Waals surface area contributed by atoms with Gasteiger partial charge in [0.25, 0.3) is 0 Å². The lowest BCUT2D eigenvalue weighted by Gasteiger charge is -2.62. The van der Waals surface area contributed by atoms with Crippen LogP contribution in [0.15, 0.2) is 0 Å². The lowest BCUT2D eigenvalue weighted by molar-refractivity contribution is -0.145. The van der Waals surface area contributed by atoms with Crippen LogP contribution in [0.1, 0.15) is 132 Å². The van der Waals surface area contributed by atoms with E-state index in [0.717, 1.165) is 53.8 Å². The molecule has 0 aromatic heterocycles. The van der Waals surface area contributed by atoms with Gasteiger partial charge in [-0.2, -0.15) is 0 Å². The van der Waals surface area contributed by atoms with Crippen molar-refractivity contribution in [3.05, 3.63) is 0 Å². The van der Waals surface area contributed by atoms with Crippen LogP contribution >= 0.6 is 0 Å². The van der Waals surface area contributed by atoms with Gasteiger partial charge in [-0.05, 0) is 122 Å². The summed E-state index contributed by atoms with van der Waals surface area (Å²) in [5.41, 5.74) is 1.10. The predicted molar refractivity (Wildman–Crippen MR) is 142 cm³/mol. The number of aliphatic hydroxyl groups excluding tert-OH is 1. The maximum Gasteiger partial charge on any atom is 0.0571 e. The van der Waals surface area contributed by atoms with Crippen LogP contribution in [0.25, 0.3) is 0 Å². The van der Waals surface area contributed by atoms with Crippen molar-refractivity contribution in [2.75, 3.05) is 0 Å². The number of hydrogen-bond acceptors (Lipinski definition) is 1. The molecule has 1 heteroatoms. The van der Waals surface area contributed by atoms with Gasteiger partial charge in [0.2, 0.25) is 0 Å². The van der Waals surface area contributed by atoms with Crippen LogP contribution in [-0.4, -0.2) is 11.2 Å². The van der Waals surface area contributed by atoms with Crippen LogP contribution in [0.2, 0.25) is 0 Å². The fourth-order valence-corrected chi connectivity index (χ4v) is 10.2. The molecule has 0 spiro atoms. The molecule has 0 amide bonds. The van der Waals surface area contributed by atoms with E-state index in [1.54, 1.807) is 0 Å². The van der Waals surface area contributed by atoms with E-state index >= 15 is 0 Å². The minimum atomic E-state index is -0.0232. The molecule has 0 aliphatic heterocycles. The molecule has 1 nitrogen and oxygen atoms in total. The Hall–Kier alpha value is -0.0400. The van der Waals surface area contributed by atoms with Crippen LogP contribution in [0, 0.1) is 64.1 Å². The summed E-state index contributed by atoms with van der Waals surface area (Å²) in [7, 11) is 0. The smallest absolute Gasteiger partial charge is 0.0571 e. The van der Waals surface area contributed by atoms with Gasteiger partial charge in [0.15, 0.2) is 0 Å². The Kier molecular flexibility index (Phi) is 8.00. The molecule has 0 radical (unpaired) electrons. The highest BCUT2D eigenvalue weighted by Gasteiger charge is 2.61. The van der Waals surface area contributed by atoms with E-state index < -0.39 is 0 Å². The molecular formula is C32H58O. The molecule has 4 saturated carbocycles. The average Bonchev–Trinajstić information content (AvgIpc) is 3.13. The van der Waals surface area contributed by atoms with E-state index in [2.05, 4.69) is 48.5 Å². The third kappa shape index (κ3) is 4.72. The Morgan fingerprint density at radius 1 is 0.879 bits per heavy atom. The van der Waals surface area contributed by atoms with Gasteiger partial charge in [0, 0.05) is 0 Å². The standard InChI is InChI=1S/C32H58O/c1-8-9-10-24-20-32(7)25(19-30(24)33)13-14-26-28-16-15-27(31(28,6)18-17-29(26)32)23(5)12-11-22(4)21(2)3/h21-30,33H,8-20H2,1-7H3/t22-,23+,24?,25?,26-,27+,28-,29-,30?,31+,32-/m0/s1. The number of fused-ring (bicyclic) bond motifs is 5. The van der Waals surface area contributed by atoms with Crippen LogP contribution in [0.3, 0.4) is 0 Å². The number of aliphatic hydroxyl groups is 1. The van der Waals surface area contributed by atoms with Crippen LogP contribution in [0.5, 0.6) is 0 Å². The maximum absolute atomic E-state index is 11.0. The Bertz CT molecular complexity index is 640. The summed E-state index contributed by atoms with van der Waals surface area (Å²) in [5, 5.41) is 11.0. The third-order valence-corrected chi connectivity index (χ3v) is 12.7. The summed E-state index contributed by atoms with van der Waals surface area (Å²) < 4.78 is 0. The topological polar surface area (TPSA) is 20.2 Å². The van der Waals surface area contributed by atoms with Gasteiger partial charge in [-0.25, -0.2) is 0 Å². The van der Waals surface area contributed by atoms with Crippen molar-refractivity contribution >= 4 is 0 Å². The molecule has 4 aliphatic carbocycles. The highest BCUT2D eigenvalue weighted by Crippen LogP contribution is 2.69. The Morgan fingerprint density at radius 3 is 2.30 bits per heavy atom. The minimum absolute atomic E-state index is 0.0232. The molecule has 192 valence electrons. The fraction of sp³-hybridized carbons (Fsp3) is 1.00. The van der Waals surface area contributed by atoms with Crippen LogP contribution in [0.4, 0.5) is 0 Å². The normalized spacial score (nSPS) is 47.0. The van der Waals surface area contributed by atoms with Gasteiger partial charge < -0.3 is 5.11 Å². The van der Waals surface area contributed by atoms with Crippen LogP contribution in [-0.2, 0) is 0 Å². The third-order valence-electron chi connectivity index (χ3n) is 12.7. The summed E-state index contributed by atoms with van der Waals surface area (Å²) in [6, 6.07) is 0. The highest BCUT2D eigenvalue weighted by atomic mass is 16.3. The second-order valence-electron chi connectivity index (χ2n) is 14.6. The van der Waals surface area contributed by atoms with Gasteiger partial charge in [0.05, 0.1) is 6.10 Å². The molecule has 0 saturated heterocycles. The van der Waals surface area contributed by atoms with Crippen molar-refractivity contribution in [1.82, 2.24) is 0 Å². The summed E-state index contributed by atoms with van der Waals surface area (Å²) >= 11 is 0. The number of rotatable bonds is 8. The second kappa shape index (κ2) is 10.1.